The number of thioether (sulfide) groups is 2. The molecule has 30 heavy (non-hydrogen) atoms. The molecule has 2 unspecified atom stereocenters. The molecule has 4 N–H and O–H groups in total. The van der Waals surface area contributed by atoms with Gasteiger partial charge in [0.25, 0.3) is 5.91 Å². The molecule has 2 aliphatic rings. The molecule has 2 aliphatic heterocycles. The van der Waals surface area contributed by atoms with Crippen LogP contribution in [-0.4, -0.2) is 70.9 Å². The Morgan fingerprint density at radius 3 is 2.93 bits per heavy atom. The van der Waals surface area contributed by atoms with Gasteiger partial charge < -0.3 is 16.2 Å². The second-order valence-electron chi connectivity index (χ2n) is 6.52. The van der Waals surface area contributed by atoms with Crippen LogP contribution in [0.3, 0.4) is 0 Å². The number of amides is 2. The zero-order valence-electron chi connectivity index (χ0n) is 15.6. The monoisotopic (exact) mass is 467 g/mol. The lowest BCUT2D eigenvalue weighted by Crippen LogP contribution is -2.71. The van der Waals surface area contributed by atoms with Gasteiger partial charge in [-0.25, -0.2) is 9.48 Å². The van der Waals surface area contributed by atoms with E-state index in [0.29, 0.717) is 27.1 Å². The Morgan fingerprint density at radius 2 is 2.30 bits per heavy atom. The molecular formula is C16H17N7O4S3. The quantitative estimate of drug-likeness (QED) is 0.368. The predicted octanol–water partition coefficient (Wildman–Crippen LogP) is -0.198. The standard InChI is InChI=1S/C16H17N7O4S3/c1-22-16(19-20-21-22)30-6-7-5-29-14-10(13(25)23(14)11(7)15(26)27)18-12(24)9(17)8-3-2-4-28-8/h2-4,9-10,14H,5-6,17H2,1H3,(H,18,24)(H,26,27)/t9?,10-,14?/m0/s1. The van der Waals surface area contributed by atoms with Gasteiger partial charge in [0, 0.05) is 23.4 Å². The molecule has 1 fully saturated rings. The van der Waals surface area contributed by atoms with Crippen molar-refractivity contribution >= 4 is 52.6 Å². The number of aromatic nitrogens is 4. The summed E-state index contributed by atoms with van der Waals surface area (Å²) in [6.45, 7) is 0. The number of nitrogens with zero attached hydrogens (tertiary/aromatic N) is 5. The van der Waals surface area contributed by atoms with Crippen molar-refractivity contribution in [2.24, 2.45) is 12.8 Å². The molecule has 158 valence electrons. The highest BCUT2D eigenvalue weighted by Crippen LogP contribution is 2.41. The Kier molecular flexibility index (Phi) is 5.81. The van der Waals surface area contributed by atoms with E-state index in [1.165, 1.54) is 44.4 Å². The second kappa shape index (κ2) is 8.37. The highest BCUT2D eigenvalue weighted by Gasteiger charge is 2.54. The molecule has 11 nitrogen and oxygen atoms in total. The van der Waals surface area contributed by atoms with Crippen molar-refractivity contribution in [3.63, 3.8) is 0 Å². The third kappa shape index (κ3) is 3.71. The second-order valence-corrected chi connectivity index (χ2v) is 9.55. The molecule has 0 spiro atoms. The van der Waals surface area contributed by atoms with Crippen molar-refractivity contribution in [3.8, 4) is 0 Å². The molecule has 4 heterocycles. The number of carbonyl (C=O) groups excluding carboxylic acids is 2. The van der Waals surface area contributed by atoms with Gasteiger partial charge in [0.2, 0.25) is 11.1 Å². The summed E-state index contributed by atoms with van der Waals surface area (Å²) in [5, 5.41) is 25.4. The average Bonchev–Trinajstić information content (AvgIpc) is 3.40. The van der Waals surface area contributed by atoms with Crippen LogP contribution < -0.4 is 11.1 Å². The van der Waals surface area contributed by atoms with Crippen molar-refractivity contribution in [1.29, 1.82) is 0 Å². The molecule has 3 atom stereocenters. The van der Waals surface area contributed by atoms with Gasteiger partial charge >= 0.3 is 5.97 Å². The van der Waals surface area contributed by atoms with Crippen LogP contribution in [0.5, 0.6) is 0 Å². The number of nitrogens with two attached hydrogens (primary N) is 1. The van der Waals surface area contributed by atoms with Crippen LogP contribution in [0.2, 0.25) is 0 Å². The first-order valence-electron chi connectivity index (χ1n) is 8.73. The number of rotatable bonds is 7. The van der Waals surface area contributed by atoms with Crippen LogP contribution >= 0.6 is 34.9 Å². The van der Waals surface area contributed by atoms with E-state index < -0.39 is 35.2 Å². The molecule has 2 amide bonds. The van der Waals surface area contributed by atoms with E-state index >= 15 is 0 Å². The SMILES string of the molecule is Cn1nnnc1SCC1=C(C(=O)O)N2C(=O)[C@H](NC(=O)C(N)c3cccs3)C2SC1. The molecule has 0 aromatic carbocycles. The van der Waals surface area contributed by atoms with Crippen molar-refractivity contribution < 1.29 is 19.5 Å². The lowest BCUT2D eigenvalue weighted by atomic mass is 10.0. The molecule has 0 radical (unpaired) electrons. The molecule has 0 aliphatic carbocycles. The first-order chi connectivity index (χ1) is 14.4. The molecule has 14 heteroatoms. The van der Waals surface area contributed by atoms with Crippen LogP contribution in [0.1, 0.15) is 10.9 Å². The Labute approximate surface area is 183 Å². The summed E-state index contributed by atoms with van der Waals surface area (Å²) in [6, 6.07) is 1.86. The first kappa shape index (κ1) is 20.8. The van der Waals surface area contributed by atoms with Crippen LogP contribution in [0.15, 0.2) is 33.9 Å². The summed E-state index contributed by atoms with van der Waals surface area (Å²) in [5.41, 5.74) is 6.52. The molecule has 0 bridgehead atoms. The fourth-order valence-electron chi connectivity index (χ4n) is 3.13. The van der Waals surface area contributed by atoms with Gasteiger partial charge in [0.05, 0.1) is 0 Å². The molecule has 4 rings (SSSR count). The minimum Gasteiger partial charge on any atom is -0.477 e. The lowest BCUT2D eigenvalue weighted by Gasteiger charge is -2.49. The largest absolute Gasteiger partial charge is 0.477 e. The van der Waals surface area contributed by atoms with Crippen molar-refractivity contribution in [3.05, 3.63) is 33.7 Å². The molecule has 1 saturated heterocycles. The topological polar surface area (TPSA) is 156 Å². The summed E-state index contributed by atoms with van der Waals surface area (Å²) < 4.78 is 1.49. The van der Waals surface area contributed by atoms with E-state index in [1.54, 1.807) is 19.2 Å². The van der Waals surface area contributed by atoms with Gasteiger partial charge in [0.15, 0.2) is 0 Å². The highest BCUT2D eigenvalue weighted by molar-refractivity contribution is 8.01. The van der Waals surface area contributed by atoms with Gasteiger partial charge in [-0.1, -0.05) is 17.8 Å². The number of carbonyl (C=O) groups is 3. The minimum atomic E-state index is -1.18. The summed E-state index contributed by atoms with van der Waals surface area (Å²) in [6.07, 6.45) is 0. The number of carboxylic acid groups (broad SMARTS) is 1. The van der Waals surface area contributed by atoms with E-state index in [1.807, 2.05) is 5.38 Å². The number of thiophene rings is 1. The number of hydrogen-bond acceptors (Lipinski definition) is 10. The van der Waals surface area contributed by atoms with Gasteiger partial charge in [-0.15, -0.1) is 28.2 Å². The van der Waals surface area contributed by atoms with Crippen molar-refractivity contribution in [1.82, 2.24) is 30.4 Å². The highest BCUT2D eigenvalue weighted by atomic mass is 32.2. The maximum absolute atomic E-state index is 12.7. The smallest absolute Gasteiger partial charge is 0.352 e. The fraction of sp³-hybridized carbons (Fsp3) is 0.375. The van der Waals surface area contributed by atoms with Crippen molar-refractivity contribution in [2.75, 3.05) is 11.5 Å². The molecule has 2 aromatic heterocycles. The number of aliphatic carboxylic acids is 1. The van der Waals surface area contributed by atoms with E-state index in [9.17, 15) is 19.5 Å². The van der Waals surface area contributed by atoms with Crippen LogP contribution in [0.4, 0.5) is 0 Å². The maximum atomic E-state index is 12.7. The summed E-state index contributed by atoms with van der Waals surface area (Å²) >= 11 is 4.05. The number of fused-ring (bicyclic) bond motifs is 1. The zero-order chi connectivity index (χ0) is 21.4. The number of carboxylic acids is 1. The van der Waals surface area contributed by atoms with Crippen LogP contribution in [0.25, 0.3) is 0 Å². The predicted molar refractivity (Wildman–Crippen MR) is 110 cm³/mol. The van der Waals surface area contributed by atoms with E-state index in [-0.39, 0.29) is 5.70 Å². The summed E-state index contributed by atoms with van der Waals surface area (Å²) in [7, 11) is 1.69. The third-order valence-corrected chi connectivity index (χ3v) is 8.03. The van der Waals surface area contributed by atoms with Crippen molar-refractivity contribution in [2.45, 2.75) is 22.6 Å². The normalized spacial score (nSPS) is 21.8. The molecular weight excluding hydrogens is 450 g/mol. The Hall–Kier alpha value is -2.42. The number of hydrogen-bond donors (Lipinski definition) is 3. The first-order valence-corrected chi connectivity index (χ1v) is 11.6. The number of aryl methyl sites for hydroxylation is 1. The van der Waals surface area contributed by atoms with Crippen LogP contribution in [-0.2, 0) is 21.4 Å². The van der Waals surface area contributed by atoms with E-state index in [2.05, 4.69) is 20.8 Å². The van der Waals surface area contributed by atoms with E-state index in [4.69, 9.17) is 5.73 Å². The Bertz CT molecular complexity index is 1020. The number of β-lactam (4-membered cyclic amide) rings is 1. The maximum Gasteiger partial charge on any atom is 0.352 e. The zero-order valence-corrected chi connectivity index (χ0v) is 18.0. The van der Waals surface area contributed by atoms with Gasteiger partial charge in [-0.05, 0) is 27.4 Å². The molecule has 0 saturated carbocycles. The summed E-state index contributed by atoms with van der Waals surface area (Å²) in [4.78, 5) is 39.0. The minimum absolute atomic E-state index is 0.0422. The van der Waals surface area contributed by atoms with Crippen LogP contribution in [0, 0.1) is 0 Å². The fourth-order valence-corrected chi connectivity index (χ4v) is 6.19. The Morgan fingerprint density at radius 1 is 1.50 bits per heavy atom. The van der Waals surface area contributed by atoms with Gasteiger partial charge in [-0.3, -0.25) is 14.5 Å². The lowest BCUT2D eigenvalue weighted by molar-refractivity contribution is -0.150. The molecule has 2 aromatic rings. The van der Waals surface area contributed by atoms with E-state index in [0.717, 1.165) is 0 Å². The van der Waals surface area contributed by atoms with Gasteiger partial charge in [-0.2, -0.15) is 0 Å². The third-order valence-electron chi connectivity index (χ3n) is 4.64. The number of nitrogens with one attached hydrogen (secondary N) is 1. The average molecular weight is 468 g/mol. The number of tetrazole rings is 1. The summed E-state index contributed by atoms with van der Waals surface area (Å²) in [5.74, 6) is -1.36. The van der Waals surface area contributed by atoms with Gasteiger partial charge in [0.1, 0.15) is 23.2 Å². The Balaban J connectivity index is 1.46.